The van der Waals surface area contributed by atoms with Gasteiger partial charge in [-0.1, -0.05) is 26.2 Å². The van der Waals surface area contributed by atoms with E-state index in [9.17, 15) is 0 Å². The van der Waals surface area contributed by atoms with Gasteiger partial charge in [0.1, 0.15) is 0 Å². The Hall–Kier alpha value is -0.670. The van der Waals surface area contributed by atoms with E-state index in [0.717, 1.165) is 6.54 Å². The highest BCUT2D eigenvalue weighted by Gasteiger charge is 2.39. The molecule has 3 heteroatoms. The average Bonchev–Trinajstić information content (AvgIpc) is 2.56. The first-order valence-corrected chi connectivity index (χ1v) is 9.64. The topological polar surface area (TPSA) is 15.3 Å². The Morgan fingerprint density at radius 1 is 1.19 bits per heavy atom. The molecule has 1 N–H and O–H groups in total. The second-order valence-corrected chi connectivity index (χ2v) is 7.49. The highest BCUT2D eigenvalue weighted by atomic mass is 32.2. The van der Waals surface area contributed by atoms with Gasteiger partial charge in [0.15, 0.2) is 0 Å². The SMILES string of the molecule is CCC1CNC2(CCCCC2)CN1c1ccc(SC)cc1. The minimum absolute atomic E-state index is 0.377. The van der Waals surface area contributed by atoms with Gasteiger partial charge in [-0.25, -0.2) is 0 Å². The number of hydrogen-bond donors (Lipinski definition) is 1. The third-order valence-corrected chi connectivity index (χ3v) is 6.06. The molecule has 1 aromatic carbocycles. The van der Waals surface area contributed by atoms with E-state index in [-0.39, 0.29) is 0 Å². The molecule has 1 aliphatic carbocycles. The summed E-state index contributed by atoms with van der Waals surface area (Å²) in [5.74, 6) is 0. The Bertz CT molecular complexity index is 451. The molecule has 2 nitrogen and oxygen atoms in total. The van der Waals surface area contributed by atoms with Crippen molar-refractivity contribution in [2.45, 2.75) is 61.9 Å². The number of benzene rings is 1. The van der Waals surface area contributed by atoms with Gasteiger partial charge in [0.05, 0.1) is 0 Å². The normalized spacial score (nSPS) is 25.2. The Balaban J connectivity index is 1.81. The van der Waals surface area contributed by atoms with Crippen molar-refractivity contribution in [1.82, 2.24) is 5.32 Å². The lowest BCUT2D eigenvalue weighted by Crippen LogP contribution is -2.65. The molecular formula is C18H28N2S. The zero-order chi connectivity index (χ0) is 14.7. The summed E-state index contributed by atoms with van der Waals surface area (Å²) in [7, 11) is 0. The molecule has 1 aliphatic heterocycles. The van der Waals surface area contributed by atoms with Gasteiger partial charge in [-0.3, -0.25) is 0 Å². The standard InChI is InChI=1S/C18H28N2S/c1-3-15-13-19-18(11-5-4-6-12-18)14-20(15)16-7-9-17(21-2)10-8-16/h7-10,15,19H,3-6,11-14H2,1-2H3. The van der Waals surface area contributed by atoms with Crippen molar-refractivity contribution in [2.24, 2.45) is 0 Å². The molecule has 1 unspecified atom stereocenters. The molecule has 1 saturated heterocycles. The third-order valence-electron chi connectivity index (χ3n) is 5.31. The quantitative estimate of drug-likeness (QED) is 0.838. The van der Waals surface area contributed by atoms with Crippen LogP contribution in [-0.2, 0) is 0 Å². The fourth-order valence-corrected chi connectivity index (χ4v) is 4.37. The Morgan fingerprint density at radius 2 is 1.90 bits per heavy atom. The van der Waals surface area contributed by atoms with Crippen LogP contribution in [0.4, 0.5) is 5.69 Å². The van der Waals surface area contributed by atoms with Crippen LogP contribution in [0, 0.1) is 0 Å². The van der Waals surface area contributed by atoms with Crippen LogP contribution in [-0.4, -0.2) is 30.9 Å². The lowest BCUT2D eigenvalue weighted by molar-refractivity contribution is 0.196. The van der Waals surface area contributed by atoms with E-state index in [0.29, 0.717) is 11.6 Å². The Labute approximate surface area is 133 Å². The molecule has 0 radical (unpaired) electrons. The van der Waals surface area contributed by atoms with Crippen molar-refractivity contribution in [3.05, 3.63) is 24.3 Å². The van der Waals surface area contributed by atoms with E-state index < -0.39 is 0 Å². The van der Waals surface area contributed by atoms with Crippen molar-refractivity contribution >= 4 is 17.4 Å². The summed E-state index contributed by atoms with van der Waals surface area (Å²) >= 11 is 1.82. The minimum Gasteiger partial charge on any atom is -0.365 e. The molecule has 1 aromatic rings. The van der Waals surface area contributed by atoms with Crippen LogP contribution >= 0.6 is 11.8 Å². The molecule has 1 atom stereocenters. The number of piperazine rings is 1. The number of thioether (sulfide) groups is 1. The van der Waals surface area contributed by atoms with Gasteiger partial charge >= 0.3 is 0 Å². The lowest BCUT2D eigenvalue weighted by Gasteiger charge is -2.50. The molecule has 2 fully saturated rings. The largest absolute Gasteiger partial charge is 0.365 e. The Kier molecular flexibility index (Phi) is 4.80. The van der Waals surface area contributed by atoms with Crippen LogP contribution < -0.4 is 10.2 Å². The van der Waals surface area contributed by atoms with Gasteiger partial charge in [-0.15, -0.1) is 11.8 Å². The number of anilines is 1. The van der Waals surface area contributed by atoms with Crippen molar-refractivity contribution in [3.8, 4) is 0 Å². The van der Waals surface area contributed by atoms with E-state index >= 15 is 0 Å². The van der Waals surface area contributed by atoms with Gasteiger partial charge < -0.3 is 10.2 Å². The van der Waals surface area contributed by atoms with Gasteiger partial charge in [0.2, 0.25) is 0 Å². The predicted molar refractivity (Wildman–Crippen MR) is 93.5 cm³/mol. The molecule has 0 amide bonds. The molecule has 1 saturated carbocycles. The second-order valence-electron chi connectivity index (χ2n) is 6.61. The van der Waals surface area contributed by atoms with E-state index in [1.165, 1.54) is 55.7 Å². The summed E-state index contributed by atoms with van der Waals surface area (Å²) in [5, 5.41) is 3.91. The molecule has 1 spiro atoms. The molecule has 0 bridgehead atoms. The lowest BCUT2D eigenvalue weighted by atomic mass is 9.79. The maximum absolute atomic E-state index is 3.91. The average molecular weight is 305 g/mol. The molecule has 3 rings (SSSR count). The summed E-state index contributed by atoms with van der Waals surface area (Å²) in [6, 6.07) is 9.80. The molecule has 2 aliphatic rings. The molecule has 0 aromatic heterocycles. The maximum Gasteiger partial charge on any atom is 0.0412 e. The van der Waals surface area contributed by atoms with E-state index in [1.54, 1.807) is 0 Å². The van der Waals surface area contributed by atoms with Gasteiger partial charge in [-0.2, -0.15) is 0 Å². The zero-order valence-corrected chi connectivity index (χ0v) is 14.2. The molecule has 21 heavy (non-hydrogen) atoms. The number of nitrogens with zero attached hydrogens (tertiary/aromatic N) is 1. The zero-order valence-electron chi connectivity index (χ0n) is 13.4. The van der Waals surface area contributed by atoms with Crippen LogP contribution in [0.15, 0.2) is 29.2 Å². The molecule has 1 heterocycles. The van der Waals surface area contributed by atoms with Crippen molar-refractivity contribution in [1.29, 1.82) is 0 Å². The van der Waals surface area contributed by atoms with Crippen molar-refractivity contribution < 1.29 is 0 Å². The summed E-state index contributed by atoms with van der Waals surface area (Å²) in [6.45, 7) is 4.64. The maximum atomic E-state index is 3.91. The molecular weight excluding hydrogens is 276 g/mol. The minimum atomic E-state index is 0.377. The summed E-state index contributed by atoms with van der Waals surface area (Å²) in [6.07, 6.45) is 10.3. The number of hydrogen-bond acceptors (Lipinski definition) is 3. The fraction of sp³-hybridized carbons (Fsp3) is 0.667. The van der Waals surface area contributed by atoms with Crippen molar-refractivity contribution in [2.75, 3.05) is 24.2 Å². The van der Waals surface area contributed by atoms with Gasteiger partial charge in [0, 0.05) is 35.3 Å². The highest BCUT2D eigenvalue weighted by molar-refractivity contribution is 7.98. The summed E-state index contributed by atoms with van der Waals surface area (Å²) in [4.78, 5) is 4.03. The van der Waals surface area contributed by atoms with Crippen LogP contribution in [0.1, 0.15) is 45.4 Å². The molecule has 116 valence electrons. The number of rotatable bonds is 3. The van der Waals surface area contributed by atoms with Gasteiger partial charge in [0.25, 0.3) is 0 Å². The van der Waals surface area contributed by atoms with E-state index in [4.69, 9.17) is 0 Å². The second kappa shape index (κ2) is 6.62. The first-order chi connectivity index (χ1) is 10.3. The fourth-order valence-electron chi connectivity index (χ4n) is 3.96. The Morgan fingerprint density at radius 3 is 2.52 bits per heavy atom. The van der Waals surface area contributed by atoms with Crippen LogP contribution in [0.3, 0.4) is 0 Å². The summed E-state index contributed by atoms with van der Waals surface area (Å²) in [5.41, 5.74) is 1.79. The monoisotopic (exact) mass is 304 g/mol. The van der Waals surface area contributed by atoms with Crippen LogP contribution in [0.5, 0.6) is 0 Å². The van der Waals surface area contributed by atoms with Crippen LogP contribution in [0.25, 0.3) is 0 Å². The summed E-state index contributed by atoms with van der Waals surface area (Å²) < 4.78 is 0. The first kappa shape index (κ1) is 15.2. The predicted octanol–water partition coefficient (Wildman–Crippen LogP) is 4.30. The van der Waals surface area contributed by atoms with E-state index in [2.05, 4.69) is 47.7 Å². The van der Waals surface area contributed by atoms with Crippen molar-refractivity contribution in [3.63, 3.8) is 0 Å². The van der Waals surface area contributed by atoms with Gasteiger partial charge in [-0.05, 0) is 49.8 Å². The smallest absolute Gasteiger partial charge is 0.0412 e. The third kappa shape index (κ3) is 3.24. The number of nitrogens with one attached hydrogen (secondary N) is 1. The van der Waals surface area contributed by atoms with E-state index in [1.807, 2.05) is 11.8 Å². The highest BCUT2D eigenvalue weighted by Crippen LogP contribution is 2.34. The van der Waals surface area contributed by atoms with Crippen LogP contribution in [0.2, 0.25) is 0 Å². The first-order valence-electron chi connectivity index (χ1n) is 8.42.